The van der Waals surface area contributed by atoms with Crippen LogP contribution in [0.15, 0.2) is 48.5 Å². The maximum Gasteiger partial charge on any atom is 0.322 e. The number of fused-ring (bicyclic) bond motifs is 2. The molecular weight excluding hydrogens is 362 g/mol. The van der Waals surface area contributed by atoms with Crippen LogP contribution in [0.2, 0.25) is 0 Å². The lowest BCUT2D eigenvalue weighted by Crippen LogP contribution is -2.59. The second kappa shape index (κ2) is 8.27. The number of nitrogens with zero attached hydrogens (tertiary/aromatic N) is 1. The molecule has 2 aliphatic heterocycles. The van der Waals surface area contributed by atoms with Crippen molar-refractivity contribution in [2.24, 2.45) is 0 Å². The van der Waals surface area contributed by atoms with Gasteiger partial charge in [-0.3, -0.25) is 4.79 Å². The van der Waals surface area contributed by atoms with Gasteiger partial charge in [-0.15, -0.1) is 0 Å². The van der Waals surface area contributed by atoms with Gasteiger partial charge in [-0.25, -0.2) is 4.79 Å². The molecule has 5 nitrogen and oxygen atoms in total. The van der Waals surface area contributed by atoms with Gasteiger partial charge in [0.05, 0.1) is 0 Å². The largest absolute Gasteiger partial charge is 0.349 e. The quantitative estimate of drug-likeness (QED) is 0.800. The molecule has 4 rings (SSSR count). The third-order valence-electron chi connectivity index (χ3n) is 6.20. The van der Waals surface area contributed by atoms with E-state index in [1.807, 2.05) is 67.3 Å². The molecule has 0 aromatic heterocycles. The Bertz CT molecular complexity index is 897. The Kier molecular flexibility index (Phi) is 5.56. The third kappa shape index (κ3) is 4.29. The van der Waals surface area contributed by atoms with Crippen molar-refractivity contribution >= 4 is 17.6 Å². The van der Waals surface area contributed by atoms with E-state index < -0.39 is 0 Å². The van der Waals surface area contributed by atoms with E-state index in [1.165, 1.54) is 0 Å². The Balaban J connectivity index is 1.43. The van der Waals surface area contributed by atoms with Crippen molar-refractivity contribution in [2.75, 3.05) is 5.32 Å². The molecule has 5 heteroatoms. The number of aryl methyl sites for hydroxylation is 2. The number of benzene rings is 2. The zero-order valence-electron chi connectivity index (χ0n) is 17.2. The van der Waals surface area contributed by atoms with Crippen molar-refractivity contribution in [2.45, 2.75) is 64.1 Å². The minimum atomic E-state index is -0.0195. The first kappa shape index (κ1) is 19.5. The summed E-state index contributed by atoms with van der Waals surface area (Å²) < 4.78 is 0. The zero-order valence-corrected chi connectivity index (χ0v) is 17.2. The van der Waals surface area contributed by atoms with Crippen LogP contribution >= 0.6 is 0 Å². The molecule has 2 bridgehead atoms. The summed E-state index contributed by atoms with van der Waals surface area (Å²) in [5.74, 6) is -0.0103. The Morgan fingerprint density at radius 2 is 1.69 bits per heavy atom. The monoisotopic (exact) mass is 391 g/mol. The number of piperidine rings is 2. The third-order valence-corrected chi connectivity index (χ3v) is 6.20. The average Bonchev–Trinajstić information content (AvgIpc) is 2.67. The van der Waals surface area contributed by atoms with Gasteiger partial charge in [0.15, 0.2) is 0 Å². The van der Waals surface area contributed by atoms with Gasteiger partial charge in [0.2, 0.25) is 0 Å². The first-order chi connectivity index (χ1) is 14.0. The molecule has 2 fully saturated rings. The first-order valence-corrected chi connectivity index (χ1v) is 10.5. The molecule has 29 heavy (non-hydrogen) atoms. The van der Waals surface area contributed by atoms with Gasteiger partial charge >= 0.3 is 6.03 Å². The van der Waals surface area contributed by atoms with Crippen molar-refractivity contribution in [3.8, 4) is 0 Å². The maximum absolute atomic E-state index is 13.0. The molecule has 0 spiro atoms. The van der Waals surface area contributed by atoms with E-state index in [-0.39, 0.29) is 30.1 Å². The van der Waals surface area contributed by atoms with E-state index in [0.29, 0.717) is 0 Å². The lowest BCUT2D eigenvalue weighted by Gasteiger charge is -2.48. The molecule has 3 amide bonds. The fraction of sp³-hybridized carbons (Fsp3) is 0.417. The van der Waals surface area contributed by atoms with Crippen LogP contribution < -0.4 is 10.6 Å². The van der Waals surface area contributed by atoms with Crippen LogP contribution in [0.3, 0.4) is 0 Å². The summed E-state index contributed by atoms with van der Waals surface area (Å²) in [5.41, 5.74) is 3.68. The first-order valence-electron chi connectivity index (χ1n) is 10.5. The minimum absolute atomic E-state index is 0.0103. The summed E-state index contributed by atoms with van der Waals surface area (Å²) >= 11 is 0. The van der Waals surface area contributed by atoms with Crippen LogP contribution in [0, 0.1) is 13.8 Å². The Morgan fingerprint density at radius 3 is 2.38 bits per heavy atom. The van der Waals surface area contributed by atoms with Gasteiger partial charge in [0.1, 0.15) is 0 Å². The molecule has 0 aliphatic carbocycles. The van der Waals surface area contributed by atoms with E-state index >= 15 is 0 Å². The van der Waals surface area contributed by atoms with Crippen LogP contribution in [0.1, 0.15) is 53.6 Å². The standard InChI is InChI=1S/C24H29N3O2/c1-16-7-5-9-18(13-16)26-24(29)27-20-10-6-11-21(27)15-19(14-20)25-23(28)22-12-4-3-8-17(22)2/h3-5,7-9,12-13,19-21H,6,10-11,14-15H2,1-2H3,(H,25,28)(H,26,29). The summed E-state index contributed by atoms with van der Waals surface area (Å²) in [6.45, 7) is 3.98. The van der Waals surface area contributed by atoms with Gasteiger partial charge in [-0.05, 0) is 75.3 Å². The topological polar surface area (TPSA) is 61.4 Å². The highest BCUT2D eigenvalue weighted by Gasteiger charge is 2.41. The molecule has 0 saturated carbocycles. The van der Waals surface area contributed by atoms with E-state index in [4.69, 9.17) is 0 Å². The fourth-order valence-electron chi connectivity index (χ4n) is 4.83. The lowest BCUT2D eigenvalue weighted by atomic mass is 9.82. The summed E-state index contributed by atoms with van der Waals surface area (Å²) in [4.78, 5) is 27.8. The number of nitrogens with one attached hydrogen (secondary N) is 2. The molecule has 0 radical (unpaired) electrons. The molecule has 2 saturated heterocycles. The SMILES string of the molecule is Cc1cccc(NC(=O)N2C3CCCC2CC(NC(=O)c2ccccc2C)C3)c1. The number of anilines is 1. The fourth-order valence-corrected chi connectivity index (χ4v) is 4.83. The second-order valence-corrected chi connectivity index (χ2v) is 8.40. The molecule has 152 valence electrons. The van der Waals surface area contributed by atoms with Crippen LogP contribution in [-0.4, -0.2) is 35.0 Å². The predicted molar refractivity (Wildman–Crippen MR) is 115 cm³/mol. The molecule has 2 aromatic rings. The number of hydrogen-bond acceptors (Lipinski definition) is 2. The smallest absolute Gasteiger partial charge is 0.322 e. The highest BCUT2D eigenvalue weighted by atomic mass is 16.2. The summed E-state index contributed by atoms with van der Waals surface area (Å²) in [6.07, 6.45) is 4.76. The van der Waals surface area contributed by atoms with Crippen molar-refractivity contribution < 1.29 is 9.59 Å². The number of carbonyl (C=O) groups is 2. The van der Waals surface area contributed by atoms with Gasteiger partial charge in [0.25, 0.3) is 5.91 Å². The number of amides is 3. The molecule has 2 atom stereocenters. The minimum Gasteiger partial charge on any atom is -0.349 e. The van der Waals surface area contributed by atoms with Crippen LogP contribution in [-0.2, 0) is 0 Å². The Labute approximate surface area is 172 Å². The molecule has 2 heterocycles. The van der Waals surface area contributed by atoms with E-state index in [2.05, 4.69) is 10.6 Å². The maximum atomic E-state index is 13.0. The highest BCUT2D eigenvalue weighted by Crippen LogP contribution is 2.34. The lowest BCUT2D eigenvalue weighted by molar-refractivity contribution is 0.0577. The highest BCUT2D eigenvalue weighted by molar-refractivity contribution is 5.95. The molecule has 2 unspecified atom stereocenters. The molecule has 2 aliphatic rings. The molecular formula is C24H29N3O2. The normalized spacial score (nSPS) is 23.4. The molecule has 2 aromatic carbocycles. The predicted octanol–water partition coefficient (Wildman–Crippen LogP) is 4.65. The van der Waals surface area contributed by atoms with Gasteiger partial charge in [-0.2, -0.15) is 0 Å². The van der Waals surface area contributed by atoms with E-state index in [1.54, 1.807) is 0 Å². The van der Waals surface area contributed by atoms with Crippen molar-refractivity contribution in [3.63, 3.8) is 0 Å². The summed E-state index contributed by atoms with van der Waals surface area (Å²) in [5, 5.41) is 6.29. The van der Waals surface area contributed by atoms with Gasteiger partial charge < -0.3 is 15.5 Å². The number of urea groups is 1. The number of carbonyl (C=O) groups excluding carboxylic acids is 2. The van der Waals surface area contributed by atoms with Crippen molar-refractivity contribution in [3.05, 3.63) is 65.2 Å². The van der Waals surface area contributed by atoms with Crippen molar-refractivity contribution in [1.29, 1.82) is 0 Å². The van der Waals surface area contributed by atoms with Crippen molar-refractivity contribution in [1.82, 2.24) is 10.2 Å². The zero-order chi connectivity index (χ0) is 20.4. The molecule has 2 N–H and O–H groups in total. The van der Waals surface area contributed by atoms with Gasteiger partial charge in [-0.1, -0.05) is 30.3 Å². The Morgan fingerprint density at radius 1 is 0.966 bits per heavy atom. The van der Waals surface area contributed by atoms with Crippen LogP contribution in [0.25, 0.3) is 0 Å². The number of hydrogen-bond donors (Lipinski definition) is 2. The Hall–Kier alpha value is -2.82. The number of rotatable bonds is 3. The summed E-state index contributed by atoms with van der Waals surface area (Å²) in [6, 6.07) is 16.0. The van der Waals surface area contributed by atoms with Crippen LogP contribution in [0.4, 0.5) is 10.5 Å². The summed E-state index contributed by atoms with van der Waals surface area (Å²) in [7, 11) is 0. The second-order valence-electron chi connectivity index (χ2n) is 8.40. The average molecular weight is 392 g/mol. The van der Waals surface area contributed by atoms with Crippen LogP contribution in [0.5, 0.6) is 0 Å². The van der Waals surface area contributed by atoms with Gasteiger partial charge in [0, 0.05) is 29.4 Å². The van der Waals surface area contributed by atoms with E-state index in [0.717, 1.165) is 54.5 Å². The van der Waals surface area contributed by atoms with E-state index in [9.17, 15) is 9.59 Å².